The summed E-state index contributed by atoms with van der Waals surface area (Å²) < 4.78 is 12.2. The second-order valence-electron chi connectivity index (χ2n) is 5.56. The van der Waals surface area contributed by atoms with Crippen LogP contribution in [0.25, 0.3) is 0 Å². The Morgan fingerprint density at radius 3 is 2.80 bits per heavy atom. The predicted molar refractivity (Wildman–Crippen MR) is 101 cm³/mol. The highest BCUT2D eigenvalue weighted by atomic mass is 79.9. The molecular weight excluding hydrogens is 406 g/mol. The van der Waals surface area contributed by atoms with Gasteiger partial charge in [0.1, 0.15) is 24.1 Å². The molecule has 0 unspecified atom stereocenters. The molecule has 1 aliphatic heterocycles. The molecule has 0 aromatic heterocycles. The van der Waals surface area contributed by atoms with E-state index in [1.165, 1.54) is 0 Å². The highest BCUT2D eigenvalue weighted by Crippen LogP contribution is 2.35. The average molecular weight is 424 g/mol. The third-order valence-electron chi connectivity index (χ3n) is 3.91. The van der Waals surface area contributed by atoms with Gasteiger partial charge in [-0.25, -0.2) is 0 Å². The van der Waals surface area contributed by atoms with Gasteiger partial charge in [-0.2, -0.15) is 0 Å². The van der Waals surface area contributed by atoms with Crippen molar-refractivity contribution in [2.45, 2.75) is 18.0 Å². The Balaban J connectivity index is 1.76. The number of nitrogens with one attached hydrogen (secondary N) is 1. The summed E-state index contributed by atoms with van der Waals surface area (Å²) in [4.78, 5) is 11.1. The molecule has 0 bridgehead atoms. The number of para-hydroxylation sites is 1. The zero-order valence-corrected chi connectivity index (χ0v) is 16.0. The van der Waals surface area contributed by atoms with Gasteiger partial charge in [-0.05, 0) is 45.8 Å². The topological polar surface area (TPSA) is 67.8 Å². The minimum atomic E-state index is -0.819. The molecule has 0 saturated carbocycles. The lowest BCUT2D eigenvalue weighted by Gasteiger charge is -2.16. The lowest BCUT2D eigenvalue weighted by Crippen LogP contribution is -2.33. The number of carboxylic acid groups (broad SMARTS) is 1. The van der Waals surface area contributed by atoms with Gasteiger partial charge >= 0.3 is 5.97 Å². The van der Waals surface area contributed by atoms with Gasteiger partial charge in [-0.3, -0.25) is 10.1 Å². The number of hydrogen-bond acceptors (Lipinski definition) is 5. The van der Waals surface area contributed by atoms with Crippen LogP contribution in [-0.2, 0) is 11.4 Å². The van der Waals surface area contributed by atoms with Crippen molar-refractivity contribution in [2.24, 2.45) is 0 Å². The van der Waals surface area contributed by atoms with Crippen LogP contribution in [0.15, 0.2) is 46.9 Å². The smallest absolute Gasteiger partial charge is 0.321 e. The average Bonchev–Trinajstić information content (AvgIpc) is 3.11. The Morgan fingerprint density at radius 2 is 2.12 bits per heavy atom. The Kier molecular flexibility index (Phi) is 5.88. The Morgan fingerprint density at radius 1 is 1.32 bits per heavy atom. The molecule has 5 nitrogen and oxygen atoms in total. The van der Waals surface area contributed by atoms with Crippen LogP contribution in [0.5, 0.6) is 11.5 Å². The second-order valence-corrected chi connectivity index (χ2v) is 7.55. The van der Waals surface area contributed by atoms with E-state index in [9.17, 15) is 4.79 Å². The Bertz CT molecular complexity index is 770. The molecule has 3 rings (SSSR count). The van der Waals surface area contributed by atoms with Crippen LogP contribution < -0.4 is 14.8 Å². The summed E-state index contributed by atoms with van der Waals surface area (Å²) in [6, 6.07) is 13.0. The predicted octanol–water partition coefficient (Wildman–Crippen LogP) is 3.82. The maximum absolute atomic E-state index is 11.1. The molecule has 0 radical (unpaired) electrons. The number of benzene rings is 2. The molecule has 0 spiro atoms. The lowest BCUT2D eigenvalue weighted by atomic mass is 10.1. The van der Waals surface area contributed by atoms with Gasteiger partial charge in [-0.15, -0.1) is 11.8 Å². The summed E-state index contributed by atoms with van der Waals surface area (Å²) in [5.74, 6) is 1.23. The molecule has 25 heavy (non-hydrogen) atoms. The number of carboxylic acids is 1. The zero-order valence-electron chi connectivity index (χ0n) is 13.6. The number of ether oxygens (including phenoxy) is 2. The van der Waals surface area contributed by atoms with Crippen molar-refractivity contribution in [1.82, 2.24) is 5.32 Å². The zero-order chi connectivity index (χ0) is 17.8. The quantitative estimate of drug-likeness (QED) is 0.735. The molecule has 2 atom stereocenters. The van der Waals surface area contributed by atoms with Gasteiger partial charge in [0.25, 0.3) is 0 Å². The summed E-state index contributed by atoms with van der Waals surface area (Å²) in [6.45, 7) is 0.360. The molecule has 0 amide bonds. The van der Waals surface area contributed by atoms with Crippen molar-refractivity contribution in [3.8, 4) is 11.5 Å². The molecule has 1 aliphatic rings. The van der Waals surface area contributed by atoms with Crippen molar-refractivity contribution in [3.63, 3.8) is 0 Å². The van der Waals surface area contributed by atoms with Gasteiger partial charge in [0, 0.05) is 11.3 Å². The Labute approximate surface area is 158 Å². The number of rotatable bonds is 6. The third kappa shape index (κ3) is 4.29. The Hall–Kier alpha value is -1.70. The van der Waals surface area contributed by atoms with Gasteiger partial charge in [0.15, 0.2) is 0 Å². The molecule has 2 N–H and O–H groups in total. The monoisotopic (exact) mass is 423 g/mol. The highest BCUT2D eigenvalue weighted by molar-refractivity contribution is 9.10. The maximum Gasteiger partial charge on any atom is 0.321 e. The first kappa shape index (κ1) is 18.1. The van der Waals surface area contributed by atoms with Gasteiger partial charge in [0.05, 0.1) is 17.0 Å². The van der Waals surface area contributed by atoms with Crippen molar-refractivity contribution >= 4 is 33.7 Å². The van der Waals surface area contributed by atoms with E-state index in [1.54, 1.807) is 18.9 Å². The first-order valence-electron chi connectivity index (χ1n) is 7.73. The molecular formula is C18H18BrNO4S. The number of thioether (sulfide) groups is 1. The maximum atomic E-state index is 11.1. The van der Waals surface area contributed by atoms with Crippen molar-refractivity contribution in [2.75, 3.05) is 12.9 Å². The van der Waals surface area contributed by atoms with Crippen molar-refractivity contribution < 1.29 is 19.4 Å². The van der Waals surface area contributed by atoms with E-state index >= 15 is 0 Å². The molecule has 1 fully saturated rings. The molecule has 1 heterocycles. The fraction of sp³-hybridized carbons (Fsp3) is 0.278. The molecule has 2 aromatic rings. The third-order valence-corrected chi connectivity index (χ3v) is 5.83. The molecule has 1 saturated heterocycles. The van der Waals surface area contributed by atoms with Gasteiger partial charge in [-0.1, -0.05) is 18.2 Å². The number of halogens is 1. The fourth-order valence-corrected chi connectivity index (χ4v) is 4.22. The lowest BCUT2D eigenvalue weighted by molar-refractivity contribution is -0.138. The van der Waals surface area contributed by atoms with Crippen molar-refractivity contribution in [3.05, 3.63) is 58.1 Å². The van der Waals surface area contributed by atoms with Gasteiger partial charge in [0.2, 0.25) is 0 Å². The molecule has 7 heteroatoms. The van der Waals surface area contributed by atoms with E-state index in [1.807, 2.05) is 42.5 Å². The summed E-state index contributed by atoms with van der Waals surface area (Å²) in [6.07, 6.45) is 0. The van der Waals surface area contributed by atoms with Gasteiger partial charge < -0.3 is 14.6 Å². The van der Waals surface area contributed by atoms with Crippen LogP contribution in [0.1, 0.15) is 16.5 Å². The standard InChI is InChI=1S/C18H18BrNO4S/c1-23-15-7-6-11(17-20-14(10-25-17)18(21)22)8-12(15)9-24-16-5-3-2-4-13(16)19/h2-8,14,17,20H,9-10H2,1H3,(H,21,22)/t14-,17-/m1/s1. The molecule has 132 valence electrons. The van der Waals surface area contributed by atoms with Crippen LogP contribution in [-0.4, -0.2) is 30.0 Å². The van der Waals surface area contributed by atoms with Crippen LogP contribution >= 0.6 is 27.7 Å². The van der Waals surface area contributed by atoms with E-state index in [0.717, 1.165) is 27.1 Å². The fourth-order valence-electron chi connectivity index (χ4n) is 2.60. The number of carbonyl (C=O) groups is 1. The molecule has 0 aliphatic carbocycles. The van der Waals surface area contributed by atoms with Crippen LogP contribution in [0, 0.1) is 0 Å². The normalized spacial score (nSPS) is 19.6. The summed E-state index contributed by atoms with van der Waals surface area (Å²) in [5, 5.41) is 12.2. The second kappa shape index (κ2) is 8.12. The van der Waals surface area contributed by atoms with E-state index in [4.69, 9.17) is 14.6 Å². The minimum Gasteiger partial charge on any atom is -0.496 e. The van der Waals surface area contributed by atoms with E-state index in [0.29, 0.717) is 12.4 Å². The van der Waals surface area contributed by atoms with E-state index in [2.05, 4.69) is 21.2 Å². The van der Waals surface area contributed by atoms with Crippen LogP contribution in [0.4, 0.5) is 0 Å². The van der Waals surface area contributed by atoms with Crippen LogP contribution in [0.3, 0.4) is 0 Å². The largest absolute Gasteiger partial charge is 0.496 e. The SMILES string of the molecule is COc1ccc([C@@H]2N[C@@H](C(=O)O)CS2)cc1COc1ccccc1Br. The summed E-state index contributed by atoms with van der Waals surface area (Å²) >= 11 is 5.06. The molecule has 2 aromatic carbocycles. The summed E-state index contributed by atoms with van der Waals surface area (Å²) in [7, 11) is 1.62. The first-order valence-corrected chi connectivity index (χ1v) is 9.57. The first-order chi connectivity index (χ1) is 12.1. The van der Waals surface area contributed by atoms with Crippen molar-refractivity contribution in [1.29, 1.82) is 0 Å². The summed E-state index contributed by atoms with van der Waals surface area (Å²) in [5.41, 5.74) is 1.93. The minimum absolute atomic E-state index is 0.0470. The van der Waals surface area contributed by atoms with Crippen LogP contribution in [0.2, 0.25) is 0 Å². The van der Waals surface area contributed by atoms with E-state index in [-0.39, 0.29) is 5.37 Å². The highest BCUT2D eigenvalue weighted by Gasteiger charge is 2.30. The van der Waals surface area contributed by atoms with E-state index < -0.39 is 12.0 Å². The number of methoxy groups -OCH3 is 1. The number of hydrogen-bond donors (Lipinski definition) is 2. The number of aliphatic carboxylic acids is 1.